The molecule has 0 atom stereocenters. The van der Waals surface area contributed by atoms with Crippen molar-refractivity contribution in [3.8, 4) is 0 Å². The van der Waals surface area contributed by atoms with Gasteiger partial charge in [0.1, 0.15) is 7.85 Å². The highest BCUT2D eigenvalue weighted by Crippen LogP contribution is 1.85. The Morgan fingerprint density at radius 2 is 2.55 bits per heavy atom. The highest BCUT2D eigenvalue weighted by Gasteiger charge is 2.00. The van der Waals surface area contributed by atoms with Crippen molar-refractivity contribution in [3.05, 3.63) is 16.6 Å². The van der Waals surface area contributed by atoms with Gasteiger partial charge in [-0.05, 0) is 12.4 Å². The standard InChI is InChI=1S/C6H8BN3O.H2/c1-2-10-6(11)5(7)4(8)3-9-10;/h3H,2,8H2,1H3;1H. The average molecular weight is 151 g/mol. The molecule has 0 fully saturated rings. The molecule has 0 saturated carbocycles. The predicted molar refractivity (Wildman–Crippen MR) is 46.1 cm³/mol. The van der Waals surface area contributed by atoms with E-state index in [4.69, 9.17) is 13.6 Å². The molecule has 4 nitrogen and oxygen atoms in total. The molecule has 1 rings (SSSR count). The molecule has 0 spiro atoms. The number of aromatic nitrogens is 2. The molecule has 0 aromatic carbocycles. The van der Waals surface area contributed by atoms with Crippen molar-refractivity contribution < 1.29 is 1.43 Å². The fourth-order valence-electron chi connectivity index (χ4n) is 0.742. The number of nitrogens with two attached hydrogens (primary N) is 1. The molecule has 58 valence electrons. The molecule has 1 aromatic rings. The summed E-state index contributed by atoms with van der Waals surface area (Å²) >= 11 is 0. The van der Waals surface area contributed by atoms with Crippen LogP contribution in [0, 0.1) is 0 Å². The van der Waals surface area contributed by atoms with Gasteiger partial charge < -0.3 is 5.73 Å². The van der Waals surface area contributed by atoms with Crippen molar-refractivity contribution in [3.63, 3.8) is 0 Å². The van der Waals surface area contributed by atoms with Gasteiger partial charge >= 0.3 is 0 Å². The van der Waals surface area contributed by atoms with E-state index in [9.17, 15) is 4.79 Å². The van der Waals surface area contributed by atoms with Crippen LogP contribution < -0.4 is 16.8 Å². The molecule has 0 aliphatic carbocycles. The number of anilines is 1. The number of rotatable bonds is 1. The zero-order valence-electron chi connectivity index (χ0n) is 6.24. The fraction of sp³-hybridized carbons (Fsp3) is 0.333. The molecule has 2 radical (unpaired) electrons. The Balaban J connectivity index is 0.00000121. The maximum absolute atomic E-state index is 11.1. The minimum Gasteiger partial charge on any atom is -0.398 e. The van der Waals surface area contributed by atoms with Crippen LogP contribution in [0.5, 0.6) is 0 Å². The van der Waals surface area contributed by atoms with Crippen LogP contribution in [-0.4, -0.2) is 17.6 Å². The summed E-state index contributed by atoms with van der Waals surface area (Å²) in [4.78, 5) is 11.1. The molecule has 0 amide bonds. The van der Waals surface area contributed by atoms with Crippen LogP contribution >= 0.6 is 0 Å². The number of nitrogens with zero attached hydrogens (tertiary/aromatic N) is 2. The minimum atomic E-state index is -0.326. The van der Waals surface area contributed by atoms with Crippen molar-refractivity contribution in [1.29, 1.82) is 0 Å². The second kappa shape index (κ2) is 2.78. The molecule has 0 aliphatic rings. The van der Waals surface area contributed by atoms with E-state index in [1.54, 1.807) is 0 Å². The molecule has 1 aromatic heterocycles. The van der Waals surface area contributed by atoms with E-state index < -0.39 is 0 Å². The Hall–Kier alpha value is -1.26. The first-order valence-electron chi connectivity index (χ1n) is 3.28. The number of hydrogen-bond donors (Lipinski definition) is 1. The SMILES string of the molecule is [B]c1c(N)cnn(CC)c1=O.[HH]. The van der Waals surface area contributed by atoms with Crippen molar-refractivity contribution in [2.45, 2.75) is 13.5 Å². The number of nitrogen functional groups attached to an aromatic ring is 1. The van der Waals surface area contributed by atoms with Gasteiger partial charge in [0.25, 0.3) is 5.56 Å². The van der Waals surface area contributed by atoms with Crippen LogP contribution in [0.4, 0.5) is 5.69 Å². The lowest BCUT2D eigenvalue weighted by atomic mass is 9.97. The average Bonchev–Trinajstić information content (AvgIpc) is 2.01. The molecule has 0 unspecified atom stereocenters. The highest BCUT2D eigenvalue weighted by molar-refractivity contribution is 6.35. The van der Waals surface area contributed by atoms with Crippen molar-refractivity contribution >= 4 is 19.0 Å². The molecule has 11 heavy (non-hydrogen) atoms. The van der Waals surface area contributed by atoms with E-state index in [2.05, 4.69) is 5.10 Å². The normalized spacial score (nSPS) is 9.91. The first kappa shape index (κ1) is 7.85. The van der Waals surface area contributed by atoms with Gasteiger partial charge in [0.15, 0.2) is 0 Å². The van der Waals surface area contributed by atoms with E-state index in [0.717, 1.165) is 0 Å². The van der Waals surface area contributed by atoms with Crippen LogP contribution in [0.15, 0.2) is 11.0 Å². The van der Waals surface area contributed by atoms with E-state index in [1.807, 2.05) is 6.92 Å². The largest absolute Gasteiger partial charge is 0.398 e. The lowest BCUT2D eigenvalue weighted by Gasteiger charge is -2.02. The second-order valence-corrected chi connectivity index (χ2v) is 2.13. The third-order valence-corrected chi connectivity index (χ3v) is 1.41. The summed E-state index contributed by atoms with van der Waals surface area (Å²) in [5.74, 6) is 0. The summed E-state index contributed by atoms with van der Waals surface area (Å²) in [6.07, 6.45) is 1.38. The van der Waals surface area contributed by atoms with E-state index in [-0.39, 0.29) is 18.1 Å². The van der Waals surface area contributed by atoms with Gasteiger partial charge in [0, 0.05) is 7.97 Å². The van der Waals surface area contributed by atoms with E-state index >= 15 is 0 Å². The van der Waals surface area contributed by atoms with Crippen molar-refractivity contribution in [1.82, 2.24) is 9.78 Å². The van der Waals surface area contributed by atoms with Crippen LogP contribution in [0.2, 0.25) is 0 Å². The van der Waals surface area contributed by atoms with Gasteiger partial charge in [0.2, 0.25) is 0 Å². The maximum Gasteiger partial charge on any atom is 0.261 e. The number of hydrogen-bond acceptors (Lipinski definition) is 3. The predicted octanol–water partition coefficient (Wildman–Crippen LogP) is -1.11. The van der Waals surface area contributed by atoms with Gasteiger partial charge in [-0.15, -0.1) is 0 Å². The van der Waals surface area contributed by atoms with Crippen LogP contribution in [-0.2, 0) is 6.54 Å². The summed E-state index contributed by atoms with van der Waals surface area (Å²) in [6.45, 7) is 2.31. The highest BCUT2D eigenvalue weighted by atomic mass is 16.1. The molecule has 0 bridgehead atoms. The van der Waals surface area contributed by atoms with Gasteiger partial charge in [-0.3, -0.25) is 4.79 Å². The Labute approximate surface area is 66.9 Å². The fourth-order valence-corrected chi connectivity index (χ4v) is 0.742. The molecule has 1 heterocycles. The summed E-state index contributed by atoms with van der Waals surface area (Å²) in [7, 11) is 5.36. The molecular formula is C6H10BN3O. The maximum atomic E-state index is 11.1. The Morgan fingerprint density at radius 1 is 1.91 bits per heavy atom. The molecular weight excluding hydrogens is 141 g/mol. The Kier molecular flexibility index (Phi) is 1.98. The molecule has 5 heteroatoms. The summed E-state index contributed by atoms with van der Waals surface area (Å²) in [5.41, 5.74) is 5.32. The van der Waals surface area contributed by atoms with E-state index in [1.165, 1.54) is 10.9 Å². The van der Waals surface area contributed by atoms with E-state index in [0.29, 0.717) is 6.54 Å². The quantitative estimate of drug-likeness (QED) is 0.517. The minimum absolute atomic E-state index is 0. The van der Waals surface area contributed by atoms with Crippen LogP contribution in [0.3, 0.4) is 0 Å². The van der Waals surface area contributed by atoms with Crippen LogP contribution in [0.1, 0.15) is 8.35 Å². The zero-order valence-corrected chi connectivity index (χ0v) is 6.24. The lowest BCUT2D eigenvalue weighted by Crippen LogP contribution is -2.37. The zero-order chi connectivity index (χ0) is 8.43. The van der Waals surface area contributed by atoms with Crippen molar-refractivity contribution in [2.75, 3.05) is 5.73 Å². The number of aryl methyl sites for hydroxylation is 1. The monoisotopic (exact) mass is 151 g/mol. The molecule has 0 saturated heterocycles. The molecule has 0 aliphatic heterocycles. The molecule has 2 N–H and O–H groups in total. The third-order valence-electron chi connectivity index (χ3n) is 1.41. The summed E-state index contributed by atoms with van der Waals surface area (Å²) in [5, 5.41) is 3.76. The summed E-state index contributed by atoms with van der Waals surface area (Å²) in [6, 6.07) is 0. The second-order valence-electron chi connectivity index (χ2n) is 2.13. The van der Waals surface area contributed by atoms with Gasteiger partial charge in [0.05, 0.1) is 11.9 Å². The smallest absolute Gasteiger partial charge is 0.261 e. The van der Waals surface area contributed by atoms with Gasteiger partial charge in [-0.25, -0.2) is 4.68 Å². The Morgan fingerprint density at radius 3 is 3.09 bits per heavy atom. The topological polar surface area (TPSA) is 60.9 Å². The van der Waals surface area contributed by atoms with Gasteiger partial charge in [-0.2, -0.15) is 5.10 Å². The first-order valence-corrected chi connectivity index (χ1v) is 3.28. The first-order chi connectivity index (χ1) is 5.16. The van der Waals surface area contributed by atoms with Crippen molar-refractivity contribution in [2.24, 2.45) is 0 Å². The van der Waals surface area contributed by atoms with Crippen LogP contribution in [0.25, 0.3) is 0 Å². The lowest BCUT2D eigenvalue weighted by molar-refractivity contribution is 0.620. The third kappa shape index (κ3) is 1.26. The van der Waals surface area contributed by atoms with Gasteiger partial charge in [-0.1, -0.05) is 0 Å². The Bertz CT molecular complexity index is 325. The summed E-state index contributed by atoms with van der Waals surface area (Å²) < 4.78 is 1.26.